The highest BCUT2D eigenvalue weighted by molar-refractivity contribution is 6.04. The number of nitrogens with zero attached hydrogens (tertiary/aromatic N) is 3. The van der Waals surface area contributed by atoms with Crippen molar-refractivity contribution in [3.8, 4) is 0 Å². The van der Waals surface area contributed by atoms with E-state index >= 15 is 0 Å². The Balaban J connectivity index is 2.29. The number of nitrogens with two attached hydrogens (primary N) is 1. The van der Waals surface area contributed by atoms with Gasteiger partial charge in [0.25, 0.3) is 0 Å². The molecular weight excluding hydrogens is 188 g/mol. The van der Waals surface area contributed by atoms with E-state index in [1.807, 2.05) is 25.3 Å². The van der Waals surface area contributed by atoms with E-state index in [1.54, 1.807) is 0 Å². The summed E-state index contributed by atoms with van der Waals surface area (Å²) in [6, 6.07) is 4.00. The van der Waals surface area contributed by atoms with E-state index in [0.717, 1.165) is 23.4 Å². The second-order valence-corrected chi connectivity index (χ2v) is 3.86. The molecule has 2 rings (SSSR count). The Hall–Kier alpha value is -1.71. The highest BCUT2D eigenvalue weighted by Crippen LogP contribution is 2.15. The van der Waals surface area contributed by atoms with E-state index in [-0.39, 0.29) is 5.92 Å². The van der Waals surface area contributed by atoms with Crippen molar-refractivity contribution in [2.75, 3.05) is 0 Å². The topological polar surface area (TPSA) is 63.6 Å². The lowest BCUT2D eigenvalue weighted by molar-refractivity contribution is 0.779. The third kappa shape index (κ3) is 2.03. The average molecular weight is 202 g/mol. The molecule has 15 heavy (non-hydrogen) atoms. The zero-order valence-corrected chi connectivity index (χ0v) is 8.94. The second kappa shape index (κ2) is 3.81. The van der Waals surface area contributed by atoms with Crippen molar-refractivity contribution in [3.05, 3.63) is 29.6 Å². The fraction of sp³-hybridized carbons (Fsp3) is 0.364. The van der Waals surface area contributed by atoms with Crippen LogP contribution in [0.25, 0.3) is 0 Å². The summed E-state index contributed by atoms with van der Waals surface area (Å²) in [5, 5.41) is 8.05. The van der Waals surface area contributed by atoms with Crippen molar-refractivity contribution in [1.82, 2.24) is 4.98 Å². The van der Waals surface area contributed by atoms with Gasteiger partial charge < -0.3 is 5.73 Å². The summed E-state index contributed by atoms with van der Waals surface area (Å²) in [5.41, 5.74) is 8.67. The highest BCUT2D eigenvalue weighted by Gasteiger charge is 2.17. The van der Waals surface area contributed by atoms with Gasteiger partial charge in [0.2, 0.25) is 0 Å². The molecule has 0 radical (unpaired) electrons. The van der Waals surface area contributed by atoms with Gasteiger partial charge in [-0.1, -0.05) is 6.92 Å². The zero-order chi connectivity index (χ0) is 10.8. The molecule has 1 atom stereocenters. The summed E-state index contributed by atoms with van der Waals surface area (Å²) in [5.74, 6) is 0.873. The van der Waals surface area contributed by atoms with Crippen LogP contribution in [0.3, 0.4) is 0 Å². The number of rotatable bonds is 1. The van der Waals surface area contributed by atoms with Gasteiger partial charge in [-0.15, -0.1) is 5.10 Å². The molecule has 0 saturated carbocycles. The molecule has 1 aromatic heterocycles. The predicted molar refractivity (Wildman–Crippen MR) is 60.9 cm³/mol. The first kappa shape index (κ1) is 9.83. The molecule has 78 valence electrons. The Labute approximate surface area is 88.9 Å². The minimum absolute atomic E-state index is 0.263. The Morgan fingerprint density at radius 2 is 2.13 bits per heavy atom. The van der Waals surface area contributed by atoms with Gasteiger partial charge in [-0.25, -0.2) is 0 Å². The summed E-state index contributed by atoms with van der Waals surface area (Å²) in [7, 11) is 0. The lowest BCUT2D eigenvalue weighted by Gasteiger charge is -2.15. The molecule has 0 fully saturated rings. The SMILES string of the molecule is Cc1ccc(C2=NN=C(N)C(C)C2)cn1. The molecule has 4 heteroatoms. The van der Waals surface area contributed by atoms with Crippen LogP contribution in [-0.4, -0.2) is 16.5 Å². The minimum Gasteiger partial charge on any atom is -0.385 e. The van der Waals surface area contributed by atoms with Gasteiger partial charge in [-0.2, -0.15) is 5.10 Å². The molecule has 1 unspecified atom stereocenters. The van der Waals surface area contributed by atoms with Crippen LogP contribution in [0.5, 0.6) is 0 Å². The lowest BCUT2D eigenvalue weighted by Crippen LogP contribution is -2.26. The van der Waals surface area contributed by atoms with Crippen LogP contribution in [0, 0.1) is 12.8 Å². The maximum absolute atomic E-state index is 5.67. The number of aromatic nitrogens is 1. The number of pyridine rings is 1. The average Bonchev–Trinajstić information content (AvgIpc) is 2.23. The molecule has 4 nitrogen and oxygen atoms in total. The summed E-state index contributed by atoms with van der Waals surface area (Å²) < 4.78 is 0. The van der Waals surface area contributed by atoms with Crippen LogP contribution in [-0.2, 0) is 0 Å². The number of aryl methyl sites for hydroxylation is 1. The molecular formula is C11H14N4. The van der Waals surface area contributed by atoms with E-state index in [1.165, 1.54) is 0 Å². The van der Waals surface area contributed by atoms with Gasteiger partial charge in [-0.05, 0) is 19.1 Å². The van der Waals surface area contributed by atoms with Gasteiger partial charge in [0.1, 0.15) is 5.84 Å². The molecule has 1 aliphatic rings. The first-order valence-electron chi connectivity index (χ1n) is 4.99. The Kier molecular flexibility index (Phi) is 2.49. The second-order valence-electron chi connectivity index (χ2n) is 3.86. The van der Waals surface area contributed by atoms with Crippen molar-refractivity contribution in [3.63, 3.8) is 0 Å². The lowest BCUT2D eigenvalue weighted by atomic mass is 9.98. The summed E-state index contributed by atoms with van der Waals surface area (Å²) in [6.45, 7) is 4.01. The van der Waals surface area contributed by atoms with Gasteiger partial charge in [-0.3, -0.25) is 4.98 Å². The van der Waals surface area contributed by atoms with Crippen molar-refractivity contribution in [2.45, 2.75) is 20.3 Å². The summed E-state index contributed by atoms with van der Waals surface area (Å²) >= 11 is 0. The molecule has 0 aromatic carbocycles. The Bertz CT molecular complexity index is 417. The van der Waals surface area contributed by atoms with Crippen molar-refractivity contribution in [1.29, 1.82) is 0 Å². The molecule has 2 N–H and O–H groups in total. The van der Waals surface area contributed by atoms with Crippen LogP contribution in [0.2, 0.25) is 0 Å². The Morgan fingerprint density at radius 1 is 1.33 bits per heavy atom. The van der Waals surface area contributed by atoms with E-state index < -0.39 is 0 Å². The van der Waals surface area contributed by atoms with Gasteiger partial charge in [0, 0.05) is 29.8 Å². The Morgan fingerprint density at radius 3 is 2.73 bits per heavy atom. The minimum atomic E-state index is 0.263. The van der Waals surface area contributed by atoms with Crippen LogP contribution >= 0.6 is 0 Å². The fourth-order valence-electron chi connectivity index (χ4n) is 1.47. The number of hydrogen-bond acceptors (Lipinski definition) is 4. The van der Waals surface area contributed by atoms with Crippen molar-refractivity contribution in [2.24, 2.45) is 21.9 Å². The smallest absolute Gasteiger partial charge is 0.125 e. The molecule has 1 aromatic rings. The molecule has 0 saturated heterocycles. The monoisotopic (exact) mass is 202 g/mol. The number of hydrogen-bond donors (Lipinski definition) is 1. The molecule has 2 heterocycles. The highest BCUT2D eigenvalue weighted by atomic mass is 15.2. The first-order chi connectivity index (χ1) is 7.16. The van der Waals surface area contributed by atoms with Gasteiger partial charge >= 0.3 is 0 Å². The van der Waals surface area contributed by atoms with Crippen LogP contribution < -0.4 is 5.73 Å². The standard InChI is InChI=1S/C11H14N4/c1-7-5-10(14-15-11(7)12)9-4-3-8(2)13-6-9/h3-4,6-7H,5H2,1-2H3,(H2,12,15). The van der Waals surface area contributed by atoms with Crippen molar-refractivity contribution >= 4 is 11.5 Å². The van der Waals surface area contributed by atoms with Gasteiger partial charge in [0.15, 0.2) is 0 Å². The normalized spacial score (nSPS) is 20.8. The molecule has 0 bridgehead atoms. The summed E-state index contributed by atoms with van der Waals surface area (Å²) in [6.07, 6.45) is 2.66. The predicted octanol–water partition coefficient (Wildman–Crippen LogP) is 1.49. The quantitative estimate of drug-likeness (QED) is 0.749. The van der Waals surface area contributed by atoms with Crippen LogP contribution in [0.4, 0.5) is 0 Å². The van der Waals surface area contributed by atoms with E-state index in [4.69, 9.17) is 5.73 Å². The number of amidine groups is 1. The maximum atomic E-state index is 5.67. The van der Waals surface area contributed by atoms with Crippen molar-refractivity contribution < 1.29 is 0 Å². The van der Waals surface area contributed by atoms with E-state index in [2.05, 4.69) is 22.1 Å². The van der Waals surface area contributed by atoms with E-state index in [9.17, 15) is 0 Å². The third-order valence-electron chi connectivity index (χ3n) is 2.54. The fourth-order valence-corrected chi connectivity index (χ4v) is 1.47. The van der Waals surface area contributed by atoms with Gasteiger partial charge in [0.05, 0.1) is 5.71 Å². The largest absolute Gasteiger partial charge is 0.385 e. The zero-order valence-electron chi connectivity index (χ0n) is 8.94. The van der Waals surface area contributed by atoms with Crippen LogP contribution in [0.15, 0.2) is 28.5 Å². The van der Waals surface area contributed by atoms with E-state index in [0.29, 0.717) is 5.84 Å². The molecule has 0 spiro atoms. The molecule has 1 aliphatic heterocycles. The first-order valence-corrected chi connectivity index (χ1v) is 4.99. The maximum Gasteiger partial charge on any atom is 0.125 e. The molecule has 0 amide bonds. The third-order valence-corrected chi connectivity index (χ3v) is 2.54. The summed E-state index contributed by atoms with van der Waals surface area (Å²) in [4.78, 5) is 4.24. The molecule has 0 aliphatic carbocycles. The van der Waals surface area contributed by atoms with Crippen LogP contribution in [0.1, 0.15) is 24.6 Å².